The molecule has 0 aliphatic carbocycles. The van der Waals surface area contributed by atoms with Crippen molar-refractivity contribution < 1.29 is 0 Å². The Kier molecular flexibility index (Phi) is 4.75. The van der Waals surface area contributed by atoms with Gasteiger partial charge < -0.3 is 0 Å². The van der Waals surface area contributed by atoms with Crippen LogP contribution in [-0.4, -0.2) is 14.5 Å². The zero-order valence-electron chi connectivity index (χ0n) is 14.0. The molecule has 2 aromatic heterocycles. The Morgan fingerprint density at radius 2 is 1.70 bits per heavy atom. The Bertz CT molecular complexity index is 1220. The van der Waals surface area contributed by atoms with Gasteiger partial charge in [-0.05, 0) is 42.0 Å². The van der Waals surface area contributed by atoms with Crippen LogP contribution in [0.25, 0.3) is 34.6 Å². The topological polar surface area (TPSA) is 47.8 Å². The average molecular weight is 394 g/mol. The Hall–Kier alpha value is -2.95. The van der Waals surface area contributed by atoms with Crippen LogP contribution in [0.5, 0.6) is 0 Å². The van der Waals surface area contributed by atoms with Gasteiger partial charge >= 0.3 is 0 Å². The second-order valence-electron chi connectivity index (χ2n) is 5.82. The van der Waals surface area contributed by atoms with Gasteiger partial charge in [0, 0.05) is 24.2 Å². The highest BCUT2D eigenvalue weighted by Crippen LogP contribution is 2.27. The first-order valence-electron chi connectivity index (χ1n) is 8.19. The first kappa shape index (κ1) is 17.5. The lowest BCUT2D eigenvalue weighted by Gasteiger charge is -2.10. The van der Waals surface area contributed by atoms with Crippen molar-refractivity contribution in [2.45, 2.75) is 0 Å². The Labute approximate surface area is 165 Å². The van der Waals surface area contributed by atoms with Crippen LogP contribution in [-0.2, 0) is 0 Å². The highest BCUT2D eigenvalue weighted by Gasteiger charge is 2.11. The van der Waals surface area contributed by atoms with Crippen LogP contribution in [0.15, 0.2) is 71.8 Å². The maximum atomic E-state index is 13.1. The molecule has 0 aliphatic heterocycles. The summed E-state index contributed by atoms with van der Waals surface area (Å²) in [7, 11) is 0. The summed E-state index contributed by atoms with van der Waals surface area (Å²) in [6, 6.07) is 16.2. The summed E-state index contributed by atoms with van der Waals surface area (Å²) in [5.74, 6) is 0.524. The van der Waals surface area contributed by atoms with E-state index < -0.39 is 0 Å². The molecule has 0 atom stereocenters. The molecule has 0 spiro atoms. The zero-order chi connectivity index (χ0) is 18.8. The van der Waals surface area contributed by atoms with Gasteiger partial charge in [-0.2, -0.15) is 0 Å². The van der Waals surface area contributed by atoms with Crippen molar-refractivity contribution in [2.24, 2.45) is 0 Å². The SMILES string of the molecule is O=c1c2ccccc2nc(-c2ccncc2)n1/C=C/c1cccc(Cl)c1Cl. The number of nitrogens with zero attached hydrogens (tertiary/aromatic N) is 3. The predicted molar refractivity (Wildman–Crippen MR) is 111 cm³/mol. The van der Waals surface area contributed by atoms with Crippen LogP contribution in [0.3, 0.4) is 0 Å². The molecular weight excluding hydrogens is 381 g/mol. The maximum Gasteiger partial charge on any atom is 0.265 e. The summed E-state index contributed by atoms with van der Waals surface area (Å²) in [4.78, 5) is 21.8. The van der Waals surface area contributed by atoms with Crippen molar-refractivity contribution in [1.29, 1.82) is 0 Å². The zero-order valence-corrected chi connectivity index (χ0v) is 15.5. The van der Waals surface area contributed by atoms with Gasteiger partial charge in [0.25, 0.3) is 5.56 Å². The number of pyridine rings is 1. The van der Waals surface area contributed by atoms with E-state index in [1.807, 2.05) is 36.4 Å². The molecule has 2 aromatic carbocycles. The molecule has 0 radical (unpaired) electrons. The van der Waals surface area contributed by atoms with Crippen molar-refractivity contribution >= 4 is 46.4 Å². The largest absolute Gasteiger partial charge is 0.268 e. The molecule has 0 fully saturated rings. The lowest BCUT2D eigenvalue weighted by molar-refractivity contribution is 1.04. The fourth-order valence-corrected chi connectivity index (χ4v) is 3.16. The Balaban J connectivity index is 1.95. The second-order valence-corrected chi connectivity index (χ2v) is 6.61. The summed E-state index contributed by atoms with van der Waals surface area (Å²) >= 11 is 12.3. The molecule has 0 aliphatic rings. The number of fused-ring (bicyclic) bond motifs is 1. The molecule has 0 saturated carbocycles. The van der Waals surface area contributed by atoms with Crippen molar-refractivity contribution in [3.05, 3.63) is 93.0 Å². The second kappa shape index (κ2) is 7.35. The fraction of sp³-hybridized carbons (Fsp3) is 0. The van der Waals surface area contributed by atoms with Gasteiger partial charge in [-0.1, -0.05) is 47.5 Å². The van der Waals surface area contributed by atoms with Crippen LogP contribution >= 0.6 is 23.2 Å². The van der Waals surface area contributed by atoms with E-state index in [0.717, 1.165) is 5.56 Å². The summed E-state index contributed by atoms with van der Waals surface area (Å²) in [6.07, 6.45) is 6.74. The molecule has 4 nitrogen and oxygen atoms in total. The van der Waals surface area contributed by atoms with E-state index in [9.17, 15) is 4.79 Å². The van der Waals surface area contributed by atoms with E-state index in [4.69, 9.17) is 23.2 Å². The highest BCUT2D eigenvalue weighted by atomic mass is 35.5. The average Bonchev–Trinajstić information content (AvgIpc) is 2.71. The third-order valence-corrected chi connectivity index (χ3v) is 4.96. The molecule has 6 heteroatoms. The summed E-state index contributed by atoms with van der Waals surface area (Å²) < 4.78 is 1.51. The maximum absolute atomic E-state index is 13.1. The minimum absolute atomic E-state index is 0.165. The van der Waals surface area contributed by atoms with E-state index in [2.05, 4.69) is 9.97 Å². The predicted octanol–water partition coefficient (Wildman–Crippen LogP) is 5.39. The molecule has 0 saturated heterocycles. The third kappa shape index (κ3) is 3.37. The number of para-hydroxylation sites is 1. The summed E-state index contributed by atoms with van der Waals surface area (Å²) in [5, 5.41) is 1.43. The Morgan fingerprint density at radius 1 is 0.926 bits per heavy atom. The van der Waals surface area contributed by atoms with E-state index in [0.29, 0.717) is 32.3 Å². The van der Waals surface area contributed by atoms with Crippen molar-refractivity contribution in [3.8, 4) is 11.4 Å². The van der Waals surface area contributed by atoms with Gasteiger partial charge in [0.2, 0.25) is 0 Å². The van der Waals surface area contributed by atoms with Gasteiger partial charge in [0.05, 0.1) is 20.9 Å². The number of aromatic nitrogens is 3. The normalized spacial score (nSPS) is 11.3. The van der Waals surface area contributed by atoms with E-state index in [1.165, 1.54) is 4.57 Å². The standard InChI is InChI=1S/C21H13Cl2N3O/c22-17-6-3-4-14(19(17)23)10-13-26-20(15-8-11-24-12-9-15)25-18-7-2-1-5-16(18)21(26)27/h1-13H/b13-10+. The van der Waals surface area contributed by atoms with Gasteiger partial charge in [-0.3, -0.25) is 14.3 Å². The van der Waals surface area contributed by atoms with Gasteiger partial charge in [0.15, 0.2) is 0 Å². The molecule has 0 unspecified atom stereocenters. The summed E-state index contributed by atoms with van der Waals surface area (Å²) in [6.45, 7) is 0. The van der Waals surface area contributed by atoms with Crippen LogP contribution in [0.2, 0.25) is 10.0 Å². The smallest absolute Gasteiger partial charge is 0.265 e. The van der Waals surface area contributed by atoms with Crippen LogP contribution in [0.1, 0.15) is 5.56 Å². The lowest BCUT2D eigenvalue weighted by atomic mass is 10.2. The van der Waals surface area contributed by atoms with Gasteiger partial charge in [0.1, 0.15) is 5.82 Å². The Morgan fingerprint density at radius 3 is 2.52 bits per heavy atom. The lowest BCUT2D eigenvalue weighted by Crippen LogP contribution is -2.19. The van der Waals surface area contributed by atoms with Crippen LogP contribution in [0, 0.1) is 0 Å². The summed E-state index contributed by atoms with van der Waals surface area (Å²) in [5.41, 5.74) is 1.97. The third-order valence-electron chi connectivity index (χ3n) is 4.13. The molecule has 132 valence electrons. The molecule has 27 heavy (non-hydrogen) atoms. The molecule has 2 heterocycles. The van der Waals surface area contributed by atoms with Crippen molar-refractivity contribution in [2.75, 3.05) is 0 Å². The number of rotatable bonds is 3. The highest BCUT2D eigenvalue weighted by molar-refractivity contribution is 6.42. The van der Waals surface area contributed by atoms with E-state index in [-0.39, 0.29) is 5.56 Å². The minimum Gasteiger partial charge on any atom is -0.268 e. The molecule has 0 amide bonds. The molecule has 4 aromatic rings. The molecule has 0 N–H and O–H groups in total. The number of hydrogen-bond acceptors (Lipinski definition) is 3. The first-order valence-corrected chi connectivity index (χ1v) is 8.94. The minimum atomic E-state index is -0.165. The monoisotopic (exact) mass is 393 g/mol. The van der Waals surface area contributed by atoms with Gasteiger partial charge in [-0.25, -0.2) is 4.98 Å². The fourth-order valence-electron chi connectivity index (χ4n) is 2.79. The molecule has 4 rings (SSSR count). The quantitative estimate of drug-likeness (QED) is 0.468. The number of halogens is 2. The van der Waals surface area contributed by atoms with E-state index >= 15 is 0 Å². The first-order chi connectivity index (χ1) is 13.1. The van der Waals surface area contributed by atoms with Crippen LogP contribution < -0.4 is 5.56 Å². The van der Waals surface area contributed by atoms with Crippen molar-refractivity contribution in [1.82, 2.24) is 14.5 Å². The van der Waals surface area contributed by atoms with Crippen LogP contribution in [0.4, 0.5) is 0 Å². The molecule has 0 bridgehead atoms. The number of benzene rings is 2. The number of hydrogen-bond donors (Lipinski definition) is 0. The molecular formula is C21H13Cl2N3O. The van der Waals surface area contributed by atoms with Crippen molar-refractivity contribution in [3.63, 3.8) is 0 Å². The van der Waals surface area contributed by atoms with Gasteiger partial charge in [-0.15, -0.1) is 0 Å². The van der Waals surface area contributed by atoms with E-state index in [1.54, 1.807) is 42.9 Å².